The fourth-order valence-corrected chi connectivity index (χ4v) is 2.23. The minimum Gasteiger partial charge on any atom is -0.345 e. The molecule has 1 aromatic heterocycles. The lowest BCUT2D eigenvalue weighted by molar-refractivity contribution is -0.130. The van der Waals surface area contributed by atoms with Crippen LogP contribution in [0.1, 0.15) is 19.5 Å². The van der Waals surface area contributed by atoms with Crippen LogP contribution in [0.2, 0.25) is 0 Å². The van der Waals surface area contributed by atoms with E-state index < -0.39 is 0 Å². The fraction of sp³-hybridized carbons (Fsp3) is 0.467. The Kier molecular flexibility index (Phi) is 5.75. The minimum atomic E-state index is -0.0690. The third-order valence-corrected chi connectivity index (χ3v) is 3.51. The molecular weight excluding hydrogens is 288 g/mol. The summed E-state index contributed by atoms with van der Waals surface area (Å²) in [4.78, 5) is 14.0. The molecule has 0 bridgehead atoms. The highest BCUT2D eigenvalue weighted by molar-refractivity contribution is 5.87. The summed E-state index contributed by atoms with van der Waals surface area (Å²) in [6.07, 6.45) is 0.331. The largest absolute Gasteiger partial charge is 0.345 e. The van der Waals surface area contributed by atoms with Gasteiger partial charge >= 0.3 is 0 Å². The lowest BCUT2D eigenvalue weighted by Gasteiger charge is -2.29. The Morgan fingerprint density at radius 1 is 1.38 bits per heavy atom. The van der Waals surface area contributed by atoms with Gasteiger partial charge in [-0.15, -0.1) is 12.4 Å². The van der Waals surface area contributed by atoms with Gasteiger partial charge in [0.05, 0.1) is 17.6 Å². The van der Waals surface area contributed by atoms with E-state index in [1.165, 1.54) is 0 Å². The van der Waals surface area contributed by atoms with Gasteiger partial charge in [-0.2, -0.15) is 5.10 Å². The molecule has 2 rings (SSSR count). The normalized spacial score (nSPS) is 11.2. The Bertz CT molecular complexity index is 608. The number of H-pyrrole nitrogens is 1. The van der Waals surface area contributed by atoms with Crippen molar-refractivity contribution < 1.29 is 4.79 Å². The smallest absolute Gasteiger partial charge is 0.228 e. The molecule has 6 heteroatoms. The number of nitrogens with two attached hydrogens (primary N) is 1. The average molecular weight is 311 g/mol. The third-order valence-electron chi connectivity index (χ3n) is 3.51. The molecule has 116 valence electrons. The van der Waals surface area contributed by atoms with E-state index in [-0.39, 0.29) is 23.7 Å². The number of nitrogens with one attached hydrogen (secondary N) is 1. The molecule has 0 aliphatic heterocycles. The van der Waals surface area contributed by atoms with Gasteiger partial charge in [-0.3, -0.25) is 9.89 Å². The van der Waals surface area contributed by atoms with Gasteiger partial charge in [-0.05, 0) is 18.0 Å². The Labute approximate surface area is 131 Å². The van der Waals surface area contributed by atoms with Crippen LogP contribution in [-0.4, -0.2) is 41.1 Å². The van der Waals surface area contributed by atoms with E-state index in [9.17, 15) is 4.79 Å². The fourth-order valence-electron chi connectivity index (χ4n) is 2.23. The first-order valence-corrected chi connectivity index (χ1v) is 6.79. The van der Waals surface area contributed by atoms with E-state index in [1.54, 1.807) is 4.90 Å². The van der Waals surface area contributed by atoms with Crippen molar-refractivity contribution in [3.05, 3.63) is 30.0 Å². The second kappa shape index (κ2) is 6.91. The van der Waals surface area contributed by atoms with Gasteiger partial charge in [0.15, 0.2) is 0 Å². The number of para-hydroxylation sites is 1. The van der Waals surface area contributed by atoms with Crippen molar-refractivity contribution >= 4 is 29.2 Å². The van der Waals surface area contributed by atoms with E-state index in [1.807, 2.05) is 31.3 Å². The number of nitrogens with zero attached hydrogens (tertiary/aromatic N) is 2. The lowest BCUT2D eigenvalue weighted by atomic mass is 9.93. The first kappa shape index (κ1) is 17.5. The molecule has 1 amide bonds. The molecule has 0 spiro atoms. The first-order chi connectivity index (χ1) is 9.43. The van der Waals surface area contributed by atoms with Crippen molar-refractivity contribution in [1.82, 2.24) is 15.1 Å². The van der Waals surface area contributed by atoms with Crippen LogP contribution in [0.3, 0.4) is 0 Å². The van der Waals surface area contributed by atoms with Gasteiger partial charge in [0.25, 0.3) is 0 Å². The van der Waals surface area contributed by atoms with Crippen LogP contribution < -0.4 is 5.73 Å². The van der Waals surface area contributed by atoms with Gasteiger partial charge in [0.2, 0.25) is 5.91 Å². The second-order valence-electron chi connectivity index (χ2n) is 6.01. The number of carbonyl (C=O) groups excluding carboxylic acids is 1. The van der Waals surface area contributed by atoms with E-state index in [0.717, 1.165) is 16.6 Å². The molecule has 0 fully saturated rings. The predicted molar refractivity (Wildman–Crippen MR) is 87.5 cm³/mol. The van der Waals surface area contributed by atoms with E-state index in [4.69, 9.17) is 5.73 Å². The zero-order chi connectivity index (χ0) is 14.8. The average Bonchev–Trinajstić information content (AvgIpc) is 2.82. The Hall–Kier alpha value is -1.59. The van der Waals surface area contributed by atoms with Crippen LogP contribution in [0.25, 0.3) is 10.9 Å². The van der Waals surface area contributed by atoms with Gasteiger partial charge in [-0.25, -0.2) is 0 Å². The number of aromatic amines is 1. The van der Waals surface area contributed by atoms with E-state index >= 15 is 0 Å². The van der Waals surface area contributed by atoms with Crippen molar-refractivity contribution in [2.45, 2.75) is 20.3 Å². The number of amides is 1. The molecule has 1 aromatic carbocycles. The lowest BCUT2D eigenvalue weighted by Crippen LogP contribution is -2.40. The van der Waals surface area contributed by atoms with Crippen molar-refractivity contribution in [2.24, 2.45) is 11.1 Å². The van der Waals surface area contributed by atoms with Gasteiger partial charge in [0.1, 0.15) is 0 Å². The summed E-state index contributed by atoms with van der Waals surface area (Å²) >= 11 is 0. The summed E-state index contributed by atoms with van der Waals surface area (Å²) in [7, 11) is 1.82. The van der Waals surface area contributed by atoms with Crippen molar-refractivity contribution in [2.75, 3.05) is 20.1 Å². The number of hydrogen-bond donors (Lipinski definition) is 2. The van der Waals surface area contributed by atoms with Crippen LogP contribution in [-0.2, 0) is 11.2 Å². The van der Waals surface area contributed by atoms with Gasteiger partial charge in [0, 0.05) is 19.0 Å². The standard InChI is InChI=1S/C15H22N4O.ClH/c1-15(2,9-16)10-19(3)14(20)8-13-11-6-4-5-7-12(11)17-18-13;/h4-7H,8-10,16H2,1-3H3,(H,17,18);1H. The molecule has 0 aliphatic carbocycles. The maximum absolute atomic E-state index is 12.3. The minimum absolute atomic E-state index is 0. The highest BCUT2D eigenvalue weighted by Gasteiger charge is 2.21. The van der Waals surface area contributed by atoms with E-state index in [2.05, 4.69) is 24.0 Å². The summed E-state index contributed by atoms with van der Waals surface area (Å²) in [6.45, 7) is 5.32. The Morgan fingerprint density at radius 3 is 2.71 bits per heavy atom. The monoisotopic (exact) mass is 310 g/mol. The number of rotatable bonds is 5. The number of benzene rings is 1. The zero-order valence-corrected chi connectivity index (χ0v) is 13.5. The predicted octanol–water partition coefficient (Wildman–Crippen LogP) is 1.97. The maximum atomic E-state index is 12.3. The molecule has 1 heterocycles. The molecule has 0 radical (unpaired) electrons. The molecule has 5 nitrogen and oxygen atoms in total. The molecule has 0 unspecified atom stereocenters. The van der Waals surface area contributed by atoms with Gasteiger partial charge in [-0.1, -0.05) is 32.0 Å². The number of aromatic nitrogens is 2. The second-order valence-corrected chi connectivity index (χ2v) is 6.01. The van der Waals surface area contributed by atoms with Crippen LogP contribution in [0.15, 0.2) is 24.3 Å². The van der Waals surface area contributed by atoms with Gasteiger partial charge < -0.3 is 10.6 Å². The van der Waals surface area contributed by atoms with Crippen molar-refractivity contribution in [3.8, 4) is 0 Å². The summed E-state index contributed by atoms with van der Waals surface area (Å²) in [6, 6.07) is 7.80. The van der Waals surface area contributed by atoms with Crippen LogP contribution in [0.4, 0.5) is 0 Å². The summed E-state index contributed by atoms with van der Waals surface area (Å²) in [5.41, 5.74) is 7.40. The number of carbonyl (C=O) groups is 1. The van der Waals surface area contributed by atoms with Crippen molar-refractivity contribution in [3.63, 3.8) is 0 Å². The number of likely N-dealkylation sites (N-methyl/N-ethyl adjacent to an activating group) is 1. The highest BCUT2D eigenvalue weighted by atomic mass is 35.5. The summed E-state index contributed by atoms with van der Waals surface area (Å²) in [5.74, 6) is 0.0703. The SMILES string of the molecule is CN(CC(C)(C)CN)C(=O)Cc1[nH]nc2ccccc12.Cl. The summed E-state index contributed by atoms with van der Waals surface area (Å²) in [5, 5.41) is 8.17. The molecule has 0 saturated heterocycles. The van der Waals surface area contributed by atoms with E-state index in [0.29, 0.717) is 19.5 Å². The first-order valence-electron chi connectivity index (χ1n) is 6.79. The topological polar surface area (TPSA) is 75.0 Å². The third kappa shape index (κ3) is 4.19. The Morgan fingerprint density at radius 2 is 2.05 bits per heavy atom. The molecule has 3 N–H and O–H groups in total. The van der Waals surface area contributed by atoms with Crippen LogP contribution >= 0.6 is 12.4 Å². The number of fused-ring (bicyclic) bond motifs is 1. The van der Waals surface area contributed by atoms with Crippen LogP contribution in [0, 0.1) is 5.41 Å². The summed E-state index contributed by atoms with van der Waals surface area (Å²) < 4.78 is 0. The molecule has 21 heavy (non-hydrogen) atoms. The molecule has 0 atom stereocenters. The highest BCUT2D eigenvalue weighted by Crippen LogP contribution is 2.18. The van der Waals surface area contributed by atoms with Crippen molar-refractivity contribution in [1.29, 1.82) is 0 Å². The number of hydrogen-bond acceptors (Lipinski definition) is 3. The Balaban J connectivity index is 0.00000220. The molecule has 0 saturated carbocycles. The number of halogens is 1. The molecular formula is C15H23ClN4O. The zero-order valence-electron chi connectivity index (χ0n) is 12.7. The van der Waals surface area contributed by atoms with Crippen LogP contribution in [0.5, 0.6) is 0 Å². The molecule has 2 aromatic rings. The quantitative estimate of drug-likeness (QED) is 0.886. The molecule has 0 aliphatic rings. The maximum Gasteiger partial charge on any atom is 0.228 e.